The van der Waals surface area contributed by atoms with E-state index in [2.05, 4.69) is 14.9 Å². The molecule has 0 radical (unpaired) electrons. The van der Waals surface area contributed by atoms with Crippen molar-refractivity contribution < 1.29 is 17.3 Å². The number of sulfonamides is 1. The van der Waals surface area contributed by atoms with Gasteiger partial charge < -0.3 is 4.52 Å². The Hall–Kier alpha value is -2.58. The average Bonchev–Trinajstić information content (AvgIpc) is 3.04. The molecular weight excluding hydrogens is 345 g/mol. The van der Waals surface area contributed by atoms with E-state index in [4.69, 9.17) is 4.52 Å². The first-order valence-corrected chi connectivity index (χ1v) is 9.08. The number of hydrogen-bond acceptors (Lipinski definition) is 5. The molecule has 25 heavy (non-hydrogen) atoms. The highest BCUT2D eigenvalue weighted by molar-refractivity contribution is 7.89. The van der Waals surface area contributed by atoms with E-state index < -0.39 is 15.8 Å². The Morgan fingerprint density at radius 2 is 1.84 bits per heavy atom. The molecule has 0 aliphatic rings. The maximum absolute atomic E-state index is 12.9. The Bertz CT molecular complexity index is 969. The summed E-state index contributed by atoms with van der Waals surface area (Å²) in [6, 6.07) is 12.3. The molecule has 1 N–H and O–H groups in total. The Morgan fingerprint density at radius 1 is 1.12 bits per heavy atom. The van der Waals surface area contributed by atoms with Crippen molar-refractivity contribution in [2.75, 3.05) is 6.54 Å². The summed E-state index contributed by atoms with van der Waals surface area (Å²) in [6.07, 6.45) is 0.249. The molecule has 0 saturated carbocycles. The molecule has 3 rings (SSSR count). The van der Waals surface area contributed by atoms with Crippen molar-refractivity contribution in [3.63, 3.8) is 0 Å². The van der Waals surface area contributed by atoms with Crippen LogP contribution in [0.2, 0.25) is 0 Å². The van der Waals surface area contributed by atoms with E-state index >= 15 is 0 Å². The normalized spacial score (nSPS) is 11.6. The number of hydrogen-bond donors (Lipinski definition) is 1. The van der Waals surface area contributed by atoms with Gasteiger partial charge in [0, 0.05) is 18.5 Å². The van der Waals surface area contributed by atoms with Crippen LogP contribution >= 0.6 is 0 Å². The van der Waals surface area contributed by atoms with Crippen molar-refractivity contribution in [2.45, 2.75) is 18.2 Å². The number of rotatable bonds is 6. The molecule has 6 nitrogen and oxygen atoms in total. The van der Waals surface area contributed by atoms with E-state index in [0.29, 0.717) is 11.7 Å². The third-order valence-corrected chi connectivity index (χ3v) is 5.09. The Labute approximate surface area is 144 Å². The molecule has 3 aromatic rings. The zero-order valence-electron chi connectivity index (χ0n) is 13.4. The first-order chi connectivity index (χ1) is 12.0. The fraction of sp³-hybridized carbons (Fsp3) is 0.176. The molecule has 1 heterocycles. The fourth-order valence-corrected chi connectivity index (χ4v) is 3.31. The number of aromatic nitrogens is 2. The van der Waals surface area contributed by atoms with Crippen LogP contribution in [-0.2, 0) is 16.4 Å². The summed E-state index contributed by atoms with van der Waals surface area (Å²) in [4.78, 5) is 4.28. The van der Waals surface area contributed by atoms with Crippen LogP contribution in [0.15, 0.2) is 57.9 Å². The second-order valence-corrected chi connectivity index (χ2v) is 7.20. The van der Waals surface area contributed by atoms with Gasteiger partial charge in [0.1, 0.15) is 5.82 Å². The van der Waals surface area contributed by atoms with Gasteiger partial charge in [-0.2, -0.15) is 4.98 Å². The Kier molecular flexibility index (Phi) is 4.91. The molecule has 0 atom stereocenters. The summed E-state index contributed by atoms with van der Waals surface area (Å²) >= 11 is 0. The Morgan fingerprint density at radius 3 is 2.56 bits per heavy atom. The van der Waals surface area contributed by atoms with E-state index in [1.165, 1.54) is 12.1 Å². The van der Waals surface area contributed by atoms with Gasteiger partial charge in [-0.15, -0.1) is 0 Å². The summed E-state index contributed by atoms with van der Waals surface area (Å²) in [6.45, 7) is 2.04. The third-order valence-electron chi connectivity index (χ3n) is 3.61. The van der Waals surface area contributed by atoms with Gasteiger partial charge >= 0.3 is 0 Å². The third kappa shape index (κ3) is 4.09. The maximum atomic E-state index is 12.9. The van der Waals surface area contributed by atoms with Gasteiger partial charge in [0.15, 0.2) is 0 Å². The number of nitrogens with zero attached hydrogens (tertiary/aromatic N) is 2. The molecule has 0 unspecified atom stereocenters. The molecule has 0 aliphatic carbocycles. The predicted octanol–water partition coefficient (Wildman–Crippen LogP) is 2.71. The summed E-state index contributed by atoms with van der Waals surface area (Å²) < 4.78 is 44.7. The van der Waals surface area contributed by atoms with Gasteiger partial charge in [-0.3, -0.25) is 0 Å². The molecule has 0 saturated heterocycles. The van der Waals surface area contributed by atoms with Crippen LogP contribution in [-0.4, -0.2) is 25.1 Å². The lowest BCUT2D eigenvalue weighted by molar-refractivity contribution is 0.379. The highest BCUT2D eigenvalue weighted by atomic mass is 32.2. The predicted molar refractivity (Wildman–Crippen MR) is 89.8 cm³/mol. The highest BCUT2D eigenvalue weighted by Crippen LogP contribution is 2.19. The first-order valence-electron chi connectivity index (χ1n) is 7.59. The molecule has 1 aromatic heterocycles. The summed E-state index contributed by atoms with van der Waals surface area (Å²) in [7, 11) is -3.71. The van der Waals surface area contributed by atoms with Crippen molar-refractivity contribution in [1.82, 2.24) is 14.9 Å². The number of benzene rings is 2. The number of nitrogens with one attached hydrogen (secondary N) is 1. The molecule has 2 aromatic carbocycles. The Balaban J connectivity index is 1.63. The lowest BCUT2D eigenvalue weighted by Gasteiger charge is -2.05. The van der Waals surface area contributed by atoms with Crippen LogP contribution in [0.1, 0.15) is 11.5 Å². The van der Waals surface area contributed by atoms with Gasteiger partial charge in [-0.05, 0) is 36.8 Å². The second kappa shape index (κ2) is 7.12. The quantitative estimate of drug-likeness (QED) is 0.730. The minimum atomic E-state index is -3.71. The lowest BCUT2D eigenvalue weighted by atomic mass is 10.1. The zero-order chi connectivity index (χ0) is 17.9. The number of halogens is 1. The monoisotopic (exact) mass is 361 g/mol. The standard InChI is InChI=1S/C17H16FN3O3S/c1-12-4-2-3-5-15(12)17-20-16(24-21-17)10-11-19-25(22,23)14-8-6-13(18)7-9-14/h2-9,19H,10-11H2,1H3. The topological polar surface area (TPSA) is 85.1 Å². The van der Waals surface area contributed by atoms with Crippen molar-refractivity contribution >= 4 is 10.0 Å². The van der Waals surface area contributed by atoms with Crippen molar-refractivity contribution in [3.05, 3.63) is 65.8 Å². The van der Waals surface area contributed by atoms with Crippen molar-refractivity contribution in [3.8, 4) is 11.4 Å². The molecule has 0 aliphatic heterocycles. The molecule has 130 valence electrons. The largest absolute Gasteiger partial charge is 0.339 e. The number of aryl methyl sites for hydroxylation is 1. The molecule has 0 fully saturated rings. The second-order valence-electron chi connectivity index (χ2n) is 5.43. The minimum Gasteiger partial charge on any atom is -0.339 e. The molecule has 0 spiro atoms. The lowest BCUT2D eigenvalue weighted by Crippen LogP contribution is -2.26. The minimum absolute atomic E-state index is 0.0000264. The highest BCUT2D eigenvalue weighted by Gasteiger charge is 2.15. The summed E-state index contributed by atoms with van der Waals surface area (Å²) in [5.41, 5.74) is 1.89. The van der Waals surface area contributed by atoms with Crippen LogP contribution < -0.4 is 4.72 Å². The van der Waals surface area contributed by atoms with Crippen molar-refractivity contribution in [1.29, 1.82) is 0 Å². The smallest absolute Gasteiger partial charge is 0.240 e. The first kappa shape index (κ1) is 17.2. The van der Waals surface area contributed by atoms with Gasteiger partial charge in [0.05, 0.1) is 4.90 Å². The zero-order valence-corrected chi connectivity index (χ0v) is 14.3. The van der Waals surface area contributed by atoms with Gasteiger partial charge in [-0.25, -0.2) is 17.5 Å². The van der Waals surface area contributed by atoms with E-state index in [9.17, 15) is 12.8 Å². The van der Waals surface area contributed by atoms with Crippen LogP contribution in [0.25, 0.3) is 11.4 Å². The van der Waals surface area contributed by atoms with E-state index in [-0.39, 0.29) is 17.9 Å². The van der Waals surface area contributed by atoms with Gasteiger partial charge in [-0.1, -0.05) is 29.4 Å². The van der Waals surface area contributed by atoms with E-state index in [0.717, 1.165) is 23.3 Å². The van der Waals surface area contributed by atoms with Crippen LogP contribution in [0, 0.1) is 12.7 Å². The molecule has 0 bridgehead atoms. The molecule has 8 heteroatoms. The summed E-state index contributed by atoms with van der Waals surface area (Å²) in [5.74, 6) is 0.308. The van der Waals surface area contributed by atoms with Crippen molar-refractivity contribution in [2.24, 2.45) is 0 Å². The van der Waals surface area contributed by atoms with Crippen LogP contribution in [0.3, 0.4) is 0 Å². The SMILES string of the molecule is Cc1ccccc1-c1noc(CCNS(=O)(=O)c2ccc(F)cc2)n1. The maximum Gasteiger partial charge on any atom is 0.240 e. The fourth-order valence-electron chi connectivity index (χ4n) is 2.28. The van der Waals surface area contributed by atoms with E-state index in [1.54, 1.807) is 0 Å². The molecule has 0 amide bonds. The average molecular weight is 361 g/mol. The summed E-state index contributed by atoms with van der Waals surface area (Å²) in [5, 5.41) is 3.93. The van der Waals surface area contributed by atoms with Gasteiger partial charge in [0.2, 0.25) is 21.7 Å². The van der Waals surface area contributed by atoms with E-state index in [1.807, 2.05) is 31.2 Å². The molecular formula is C17H16FN3O3S. The van der Waals surface area contributed by atoms with Crippen LogP contribution in [0.4, 0.5) is 4.39 Å². The van der Waals surface area contributed by atoms with Crippen LogP contribution in [0.5, 0.6) is 0 Å². The van der Waals surface area contributed by atoms with Gasteiger partial charge in [0.25, 0.3) is 0 Å².